The summed E-state index contributed by atoms with van der Waals surface area (Å²) < 4.78 is 43.0. The topological polar surface area (TPSA) is 57.9 Å². The van der Waals surface area contributed by atoms with Crippen molar-refractivity contribution in [2.75, 3.05) is 19.7 Å². The third-order valence-corrected chi connectivity index (χ3v) is 3.20. The van der Waals surface area contributed by atoms with Crippen molar-refractivity contribution in [2.24, 2.45) is 5.92 Å². The van der Waals surface area contributed by atoms with Crippen molar-refractivity contribution in [3.8, 4) is 11.9 Å². The Morgan fingerprint density at radius 1 is 1.45 bits per heavy atom. The van der Waals surface area contributed by atoms with Gasteiger partial charge in [0.25, 0.3) is 0 Å². The number of hydrogen-bond acceptors (Lipinski definition) is 4. The third kappa shape index (κ3) is 3.61. The summed E-state index contributed by atoms with van der Waals surface area (Å²) >= 11 is 0. The zero-order chi connectivity index (χ0) is 14.6. The van der Waals surface area contributed by atoms with Crippen molar-refractivity contribution in [2.45, 2.75) is 19.0 Å². The smallest absolute Gasteiger partial charge is 0.433 e. The maximum absolute atomic E-state index is 12.6. The SMILES string of the molecule is N#Cc1ccc(C(F)(F)F)nc1OCCC1CCNC1. The first-order valence-corrected chi connectivity index (χ1v) is 6.32. The minimum Gasteiger partial charge on any atom is -0.477 e. The lowest BCUT2D eigenvalue weighted by atomic mass is 10.1. The van der Waals surface area contributed by atoms with Crippen molar-refractivity contribution in [3.63, 3.8) is 0 Å². The van der Waals surface area contributed by atoms with Crippen LogP contribution in [0.2, 0.25) is 0 Å². The van der Waals surface area contributed by atoms with Crippen molar-refractivity contribution in [1.29, 1.82) is 5.26 Å². The summed E-state index contributed by atoms with van der Waals surface area (Å²) in [4.78, 5) is 3.39. The Kier molecular flexibility index (Phi) is 4.45. The Morgan fingerprint density at radius 2 is 2.25 bits per heavy atom. The number of ether oxygens (including phenoxy) is 1. The zero-order valence-electron chi connectivity index (χ0n) is 10.7. The summed E-state index contributed by atoms with van der Waals surface area (Å²) in [6, 6.07) is 3.66. The fraction of sp³-hybridized carbons (Fsp3) is 0.538. The third-order valence-electron chi connectivity index (χ3n) is 3.20. The number of nitriles is 1. The predicted molar refractivity (Wildman–Crippen MR) is 65.0 cm³/mol. The molecular formula is C13H14F3N3O. The number of pyridine rings is 1. The number of rotatable bonds is 4. The first-order valence-electron chi connectivity index (χ1n) is 6.32. The van der Waals surface area contributed by atoms with Crippen molar-refractivity contribution >= 4 is 0 Å². The number of aromatic nitrogens is 1. The van der Waals surface area contributed by atoms with E-state index in [4.69, 9.17) is 10.00 Å². The van der Waals surface area contributed by atoms with Gasteiger partial charge in [-0.3, -0.25) is 0 Å². The highest BCUT2D eigenvalue weighted by Crippen LogP contribution is 2.30. The van der Waals surface area contributed by atoms with Crippen LogP contribution in [0.4, 0.5) is 13.2 Å². The summed E-state index contributed by atoms with van der Waals surface area (Å²) in [6.45, 7) is 2.11. The molecule has 0 bridgehead atoms. The van der Waals surface area contributed by atoms with Gasteiger partial charge >= 0.3 is 6.18 Å². The molecule has 108 valence electrons. The lowest BCUT2D eigenvalue weighted by Gasteiger charge is -2.12. The van der Waals surface area contributed by atoms with Crippen LogP contribution in [-0.2, 0) is 6.18 Å². The molecule has 4 nitrogen and oxygen atoms in total. The average Bonchev–Trinajstić information content (AvgIpc) is 2.90. The van der Waals surface area contributed by atoms with E-state index in [-0.39, 0.29) is 18.1 Å². The number of nitrogens with one attached hydrogen (secondary N) is 1. The quantitative estimate of drug-likeness (QED) is 0.922. The van der Waals surface area contributed by atoms with E-state index in [1.807, 2.05) is 0 Å². The first kappa shape index (κ1) is 14.6. The molecule has 0 saturated carbocycles. The Balaban J connectivity index is 2.02. The van der Waals surface area contributed by atoms with E-state index in [1.165, 1.54) is 0 Å². The number of nitrogens with zero attached hydrogens (tertiary/aromatic N) is 2. The lowest BCUT2D eigenvalue weighted by Crippen LogP contribution is -2.13. The molecule has 1 N–H and O–H groups in total. The fourth-order valence-corrected chi connectivity index (χ4v) is 2.08. The average molecular weight is 285 g/mol. The van der Waals surface area contributed by atoms with Gasteiger partial charge < -0.3 is 10.1 Å². The number of alkyl halides is 3. The highest BCUT2D eigenvalue weighted by molar-refractivity contribution is 5.39. The van der Waals surface area contributed by atoms with Crippen molar-refractivity contribution < 1.29 is 17.9 Å². The van der Waals surface area contributed by atoms with Gasteiger partial charge in [-0.25, -0.2) is 4.98 Å². The largest absolute Gasteiger partial charge is 0.477 e. The fourth-order valence-electron chi connectivity index (χ4n) is 2.08. The molecule has 1 aromatic rings. The molecule has 2 heterocycles. The van der Waals surface area contributed by atoms with E-state index in [2.05, 4.69) is 10.3 Å². The molecule has 0 amide bonds. The summed E-state index contributed by atoms with van der Waals surface area (Å²) in [5, 5.41) is 12.1. The Hall–Kier alpha value is -1.81. The summed E-state index contributed by atoms with van der Waals surface area (Å²) in [5.74, 6) is 0.222. The molecule has 1 unspecified atom stereocenters. The Bertz CT molecular complexity index is 505. The second-order valence-electron chi connectivity index (χ2n) is 4.65. The molecule has 1 saturated heterocycles. The number of halogens is 3. The van der Waals surface area contributed by atoms with Crippen LogP contribution in [0.5, 0.6) is 5.88 Å². The summed E-state index contributed by atoms with van der Waals surface area (Å²) in [7, 11) is 0. The second-order valence-corrected chi connectivity index (χ2v) is 4.65. The van der Waals surface area contributed by atoms with Gasteiger partial charge in [0, 0.05) is 0 Å². The monoisotopic (exact) mass is 285 g/mol. The zero-order valence-corrected chi connectivity index (χ0v) is 10.7. The molecule has 20 heavy (non-hydrogen) atoms. The minimum absolute atomic E-state index is 0.0162. The Labute approximate surface area is 114 Å². The molecule has 0 spiro atoms. The highest BCUT2D eigenvalue weighted by Gasteiger charge is 2.33. The maximum atomic E-state index is 12.6. The molecule has 0 aliphatic carbocycles. The van der Waals surface area contributed by atoms with Crippen LogP contribution in [0.25, 0.3) is 0 Å². The predicted octanol–water partition coefficient (Wildman–Crippen LogP) is 2.35. The maximum Gasteiger partial charge on any atom is 0.433 e. The van der Waals surface area contributed by atoms with E-state index in [1.54, 1.807) is 6.07 Å². The molecule has 2 rings (SSSR count). The molecule has 1 aliphatic rings. The molecule has 1 aromatic heterocycles. The highest BCUT2D eigenvalue weighted by atomic mass is 19.4. The van der Waals surface area contributed by atoms with Gasteiger partial charge in [0.1, 0.15) is 17.3 Å². The standard InChI is InChI=1S/C13H14F3N3O/c14-13(15,16)11-2-1-10(7-17)12(19-11)20-6-4-9-3-5-18-8-9/h1-2,9,18H,3-6,8H2. The van der Waals surface area contributed by atoms with Gasteiger partial charge in [0.2, 0.25) is 5.88 Å². The van der Waals surface area contributed by atoms with Gasteiger partial charge in [-0.1, -0.05) is 0 Å². The van der Waals surface area contributed by atoms with E-state index in [0.717, 1.165) is 38.1 Å². The van der Waals surface area contributed by atoms with Crippen LogP contribution in [0.3, 0.4) is 0 Å². The van der Waals surface area contributed by atoms with Crippen LogP contribution in [0, 0.1) is 17.2 Å². The van der Waals surface area contributed by atoms with Crippen LogP contribution < -0.4 is 10.1 Å². The van der Waals surface area contributed by atoms with Gasteiger partial charge in [0.05, 0.1) is 6.61 Å². The number of hydrogen-bond donors (Lipinski definition) is 1. The Morgan fingerprint density at radius 3 is 2.85 bits per heavy atom. The van der Waals surface area contributed by atoms with E-state index >= 15 is 0 Å². The van der Waals surface area contributed by atoms with E-state index in [9.17, 15) is 13.2 Å². The van der Waals surface area contributed by atoms with Crippen molar-refractivity contribution in [3.05, 3.63) is 23.4 Å². The molecule has 0 radical (unpaired) electrons. The minimum atomic E-state index is -4.54. The summed E-state index contributed by atoms with van der Waals surface area (Å²) in [6.07, 6.45) is -2.78. The van der Waals surface area contributed by atoms with Gasteiger partial charge in [-0.05, 0) is 44.0 Å². The molecular weight excluding hydrogens is 271 g/mol. The van der Waals surface area contributed by atoms with Gasteiger partial charge in [-0.2, -0.15) is 18.4 Å². The first-order chi connectivity index (χ1) is 9.50. The second kappa shape index (κ2) is 6.09. The molecule has 7 heteroatoms. The molecule has 1 fully saturated rings. The van der Waals surface area contributed by atoms with E-state index < -0.39 is 11.9 Å². The molecule has 1 aliphatic heterocycles. The van der Waals surface area contributed by atoms with Crippen molar-refractivity contribution in [1.82, 2.24) is 10.3 Å². The molecule has 1 atom stereocenters. The lowest BCUT2D eigenvalue weighted by molar-refractivity contribution is -0.141. The van der Waals surface area contributed by atoms with Crippen LogP contribution in [-0.4, -0.2) is 24.7 Å². The summed E-state index contributed by atoms with van der Waals surface area (Å²) in [5.41, 5.74) is -1.03. The van der Waals surface area contributed by atoms with Gasteiger partial charge in [-0.15, -0.1) is 0 Å². The van der Waals surface area contributed by atoms with Crippen LogP contribution in [0.1, 0.15) is 24.1 Å². The van der Waals surface area contributed by atoms with Gasteiger partial charge in [0.15, 0.2) is 0 Å². The van der Waals surface area contributed by atoms with E-state index in [0.29, 0.717) is 5.92 Å². The van der Waals surface area contributed by atoms with Crippen LogP contribution >= 0.6 is 0 Å². The molecule has 0 aromatic carbocycles. The normalized spacial score (nSPS) is 18.8. The van der Waals surface area contributed by atoms with Crippen LogP contribution in [0.15, 0.2) is 12.1 Å².